The summed E-state index contributed by atoms with van der Waals surface area (Å²) in [6.45, 7) is 6.82. The molecule has 1 fully saturated rings. The zero-order valence-corrected chi connectivity index (χ0v) is 10.1. The topological polar surface area (TPSA) is 38.3 Å². The van der Waals surface area contributed by atoms with Crippen LogP contribution in [0.1, 0.15) is 52.9 Å². The maximum atomic E-state index is 11.5. The largest absolute Gasteiger partial charge is 0.460 e. The molecule has 88 valence electrons. The molecule has 0 aromatic rings. The molecule has 1 rings (SSSR count). The highest BCUT2D eigenvalue weighted by Gasteiger charge is 2.18. The predicted molar refractivity (Wildman–Crippen MR) is 60.7 cm³/mol. The van der Waals surface area contributed by atoms with Gasteiger partial charge < -0.3 is 10.1 Å². The van der Waals surface area contributed by atoms with Gasteiger partial charge in [-0.2, -0.15) is 0 Å². The van der Waals surface area contributed by atoms with Crippen LogP contribution >= 0.6 is 0 Å². The normalized spacial score (nSPS) is 22.5. The van der Waals surface area contributed by atoms with Crippen molar-refractivity contribution in [2.24, 2.45) is 0 Å². The van der Waals surface area contributed by atoms with Gasteiger partial charge in [-0.3, -0.25) is 4.79 Å². The lowest BCUT2D eigenvalue weighted by molar-refractivity contribution is -0.155. The number of piperidine rings is 1. The highest BCUT2D eigenvalue weighted by molar-refractivity contribution is 5.69. The summed E-state index contributed by atoms with van der Waals surface area (Å²) in [5.41, 5.74) is -0.350. The van der Waals surface area contributed by atoms with Gasteiger partial charge in [-0.1, -0.05) is 6.42 Å². The van der Waals surface area contributed by atoms with Crippen LogP contribution in [0, 0.1) is 0 Å². The van der Waals surface area contributed by atoms with Gasteiger partial charge in [0.25, 0.3) is 0 Å². The Morgan fingerprint density at radius 3 is 2.67 bits per heavy atom. The predicted octanol–water partition coefficient (Wildman–Crippen LogP) is 2.25. The molecule has 1 heterocycles. The van der Waals surface area contributed by atoms with E-state index in [9.17, 15) is 4.79 Å². The number of ether oxygens (including phenoxy) is 1. The number of hydrogen-bond donors (Lipinski definition) is 1. The summed E-state index contributed by atoms with van der Waals surface area (Å²) in [6, 6.07) is 0.520. The Labute approximate surface area is 92.6 Å². The van der Waals surface area contributed by atoms with Crippen molar-refractivity contribution in [2.45, 2.75) is 64.5 Å². The molecule has 0 aromatic carbocycles. The van der Waals surface area contributed by atoms with Crippen molar-refractivity contribution < 1.29 is 9.53 Å². The molecule has 1 saturated heterocycles. The Hall–Kier alpha value is -0.570. The molecule has 0 radical (unpaired) electrons. The molecule has 0 aliphatic carbocycles. The summed E-state index contributed by atoms with van der Waals surface area (Å²) in [6.07, 6.45) is 5.20. The third-order valence-electron chi connectivity index (χ3n) is 2.53. The second-order valence-corrected chi connectivity index (χ2v) is 5.27. The van der Waals surface area contributed by atoms with Gasteiger partial charge in [0.05, 0.1) is 0 Å². The summed E-state index contributed by atoms with van der Waals surface area (Å²) in [4.78, 5) is 11.5. The molecule has 0 bridgehead atoms. The maximum Gasteiger partial charge on any atom is 0.306 e. The number of hydrogen-bond acceptors (Lipinski definition) is 3. The molecule has 15 heavy (non-hydrogen) atoms. The van der Waals surface area contributed by atoms with E-state index >= 15 is 0 Å². The van der Waals surface area contributed by atoms with Crippen molar-refractivity contribution in [1.29, 1.82) is 0 Å². The fraction of sp³-hybridized carbons (Fsp3) is 0.917. The van der Waals surface area contributed by atoms with Crippen molar-refractivity contribution in [3.63, 3.8) is 0 Å². The average Bonchev–Trinajstić information content (AvgIpc) is 2.14. The minimum absolute atomic E-state index is 0.0742. The van der Waals surface area contributed by atoms with Gasteiger partial charge >= 0.3 is 5.97 Å². The van der Waals surface area contributed by atoms with Crippen LogP contribution in [0.15, 0.2) is 0 Å². The van der Waals surface area contributed by atoms with Crippen molar-refractivity contribution in [2.75, 3.05) is 6.54 Å². The van der Waals surface area contributed by atoms with Crippen molar-refractivity contribution >= 4 is 5.97 Å². The monoisotopic (exact) mass is 213 g/mol. The number of carbonyl (C=O) groups is 1. The van der Waals surface area contributed by atoms with Crippen molar-refractivity contribution in [3.8, 4) is 0 Å². The minimum Gasteiger partial charge on any atom is -0.460 e. The Bertz CT molecular complexity index is 202. The lowest BCUT2D eigenvalue weighted by Gasteiger charge is -2.24. The molecule has 0 saturated carbocycles. The van der Waals surface area contributed by atoms with Gasteiger partial charge in [0.15, 0.2) is 0 Å². The van der Waals surface area contributed by atoms with E-state index in [0.717, 1.165) is 13.0 Å². The Morgan fingerprint density at radius 2 is 2.13 bits per heavy atom. The second kappa shape index (κ2) is 5.50. The van der Waals surface area contributed by atoms with Crippen molar-refractivity contribution in [1.82, 2.24) is 5.32 Å². The smallest absolute Gasteiger partial charge is 0.306 e. The van der Waals surface area contributed by atoms with E-state index in [1.807, 2.05) is 20.8 Å². The minimum atomic E-state index is -0.350. The van der Waals surface area contributed by atoms with Crippen LogP contribution in [0.4, 0.5) is 0 Å². The van der Waals surface area contributed by atoms with Crippen LogP contribution in [0.2, 0.25) is 0 Å². The van der Waals surface area contributed by atoms with E-state index < -0.39 is 0 Å². The fourth-order valence-electron chi connectivity index (χ4n) is 1.86. The summed E-state index contributed by atoms with van der Waals surface area (Å²) < 4.78 is 5.26. The van der Waals surface area contributed by atoms with Crippen LogP contribution in [-0.2, 0) is 9.53 Å². The van der Waals surface area contributed by atoms with Gasteiger partial charge in [-0.05, 0) is 46.6 Å². The lowest BCUT2D eigenvalue weighted by Crippen LogP contribution is -2.34. The molecule has 3 nitrogen and oxygen atoms in total. The highest BCUT2D eigenvalue weighted by atomic mass is 16.6. The standard InChI is InChI=1S/C12H23NO2/c1-12(2,3)15-11(14)8-7-10-6-4-5-9-13-10/h10,13H,4-9H2,1-3H3. The highest BCUT2D eigenvalue weighted by Crippen LogP contribution is 2.14. The van der Waals surface area contributed by atoms with E-state index in [2.05, 4.69) is 5.32 Å². The first-order valence-electron chi connectivity index (χ1n) is 5.92. The first kappa shape index (κ1) is 12.5. The average molecular weight is 213 g/mol. The number of rotatable bonds is 3. The Kier molecular flexibility index (Phi) is 4.58. The number of nitrogens with one attached hydrogen (secondary N) is 1. The summed E-state index contributed by atoms with van der Waals surface area (Å²) in [5, 5.41) is 3.43. The first-order chi connectivity index (χ1) is 6.97. The van der Waals surface area contributed by atoms with Gasteiger partial charge in [0.1, 0.15) is 5.60 Å². The van der Waals surface area contributed by atoms with Crippen LogP contribution in [0.5, 0.6) is 0 Å². The zero-order chi connectivity index (χ0) is 11.3. The van der Waals surface area contributed by atoms with Crippen LogP contribution in [0.3, 0.4) is 0 Å². The van der Waals surface area contributed by atoms with Crippen LogP contribution in [0.25, 0.3) is 0 Å². The van der Waals surface area contributed by atoms with Crippen LogP contribution < -0.4 is 5.32 Å². The van der Waals surface area contributed by atoms with Crippen molar-refractivity contribution in [3.05, 3.63) is 0 Å². The Morgan fingerprint density at radius 1 is 1.40 bits per heavy atom. The third kappa shape index (κ3) is 5.78. The maximum absolute atomic E-state index is 11.5. The van der Waals surface area contributed by atoms with Gasteiger partial charge in [0, 0.05) is 12.5 Å². The molecule has 0 spiro atoms. The molecule has 1 atom stereocenters. The van der Waals surface area contributed by atoms with Crippen LogP contribution in [-0.4, -0.2) is 24.2 Å². The van der Waals surface area contributed by atoms with E-state index in [1.165, 1.54) is 19.3 Å². The fourth-order valence-corrected chi connectivity index (χ4v) is 1.86. The molecule has 1 unspecified atom stereocenters. The van der Waals surface area contributed by atoms with Gasteiger partial charge in [-0.25, -0.2) is 0 Å². The third-order valence-corrected chi connectivity index (χ3v) is 2.53. The molecule has 0 aromatic heterocycles. The lowest BCUT2D eigenvalue weighted by atomic mass is 10.0. The molecule has 3 heteroatoms. The SMILES string of the molecule is CC(C)(C)OC(=O)CCC1CCCCN1. The van der Waals surface area contributed by atoms with E-state index in [1.54, 1.807) is 0 Å². The molecule has 0 amide bonds. The first-order valence-corrected chi connectivity index (χ1v) is 5.92. The van der Waals surface area contributed by atoms with Gasteiger partial charge in [-0.15, -0.1) is 0 Å². The quantitative estimate of drug-likeness (QED) is 0.731. The zero-order valence-electron chi connectivity index (χ0n) is 10.1. The molecular formula is C12H23NO2. The number of esters is 1. The summed E-state index contributed by atoms with van der Waals surface area (Å²) >= 11 is 0. The van der Waals surface area contributed by atoms with E-state index in [4.69, 9.17) is 4.74 Å². The Balaban J connectivity index is 2.15. The molecule has 1 aliphatic heterocycles. The summed E-state index contributed by atoms with van der Waals surface area (Å²) in [7, 11) is 0. The van der Waals surface area contributed by atoms with E-state index in [-0.39, 0.29) is 11.6 Å². The molecule has 1 N–H and O–H groups in total. The molecule has 1 aliphatic rings. The number of carbonyl (C=O) groups excluding carboxylic acids is 1. The summed E-state index contributed by atoms with van der Waals surface area (Å²) in [5.74, 6) is -0.0742. The molecular weight excluding hydrogens is 190 g/mol. The van der Waals surface area contributed by atoms with E-state index in [0.29, 0.717) is 12.5 Å². The van der Waals surface area contributed by atoms with Gasteiger partial charge in [0.2, 0.25) is 0 Å². The second-order valence-electron chi connectivity index (χ2n) is 5.27.